The number of halogens is 1. The predicted octanol–water partition coefficient (Wildman–Crippen LogP) is 2.97. The Kier molecular flexibility index (Phi) is 5.03. The van der Waals surface area contributed by atoms with Crippen LogP contribution in [0.2, 0.25) is 0 Å². The van der Waals surface area contributed by atoms with Crippen LogP contribution in [0.15, 0.2) is 48.5 Å². The van der Waals surface area contributed by atoms with Crippen molar-refractivity contribution in [1.29, 1.82) is 0 Å². The third-order valence-corrected chi connectivity index (χ3v) is 5.50. The first-order valence-corrected chi connectivity index (χ1v) is 9.55. The topological polar surface area (TPSA) is 58.6 Å². The number of nitrogens with zero attached hydrogens (tertiary/aromatic N) is 1. The van der Waals surface area contributed by atoms with Gasteiger partial charge in [0.05, 0.1) is 13.0 Å². The molecule has 1 saturated carbocycles. The highest BCUT2D eigenvalue weighted by molar-refractivity contribution is 5.95. The molecular formula is C22H23FN2O3. The summed E-state index contributed by atoms with van der Waals surface area (Å²) in [5.74, 6) is -0.380. The summed E-state index contributed by atoms with van der Waals surface area (Å²) < 4.78 is 18.7. The van der Waals surface area contributed by atoms with E-state index in [2.05, 4.69) is 5.32 Å². The van der Waals surface area contributed by atoms with E-state index in [1.165, 1.54) is 24.3 Å². The number of amides is 2. The third-order valence-electron chi connectivity index (χ3n) is 5.50. The number of likely N-dealkylation sites (tertiary alicyclic amines) is 1. The summed E-state index contributed by atoms with van der Waals surface area (Å²) in [7, 11) is 1.61. The lowest BCUT2D eigenvalue weighted by molar-refractivity contribution is -0.125. The van der Waals surface area contributed by atoms with E-state index in [0.29, 0.717) is 24.4 Å². The highest BCUT2D eigenvalue weighted by Gasteiger charge is 2.42. The van der Waals surface area contributed by atoms with Crippen LogP contribution in [0, 0.1) is 11.7 Å². The maximum Gasteiger partial charge on any atom is 0.253 e. The van der Waals surface area contributed by atoms with Crippen LogP contribution in [-0.4, -0.2) is 43.0 Å². The molecule has 0 spiro atoms. The monoisotopic (exact) mass is 382 g/mol. The van der Waals surface area contributed by atoms with Crippen LogP contribution in [0.5, 0.6) is 5.75 Å². The van der Waals surface area contributed by atoms with Crippen molar-refractivity contribution in [2.75, 3.05) is 20.2 Å². The van der Waals surface area contributed by atoms with E-state index < -0.39 is 0 Å². The molecular weight excluding hydrogens is 359 g/mol. The van der Waals surface area contributed by atoms with Crippen molar-refractivity contribution in [2.24, 2.45) is 5.92 Å². The molecule has 28 heavy (non-hydrogen) atoms. The minimum atomic E-state index is -0.383. The van der Waals surface area contributed by atoms with Gasteiger partial charge in [-0.2, -0.15) is 0 Å². The zero-order valence-electron chi connectivity index (χ0n) is 15.7. The minimum Gasteiger partial charge on any atom is -0.496 e. The lowest BCUT2D eigenvalue weighted by atomic mass is 9.87. The summed E-state index contributed by atoms with van der Waals surface area (Å²) in [4.78, 5) is 27.5. The Bertz CT molecular complexity index is 880. The molecule has 0 unspecified atom stereocenters. The lowest BCUT2D eigenvalue weighted by Gasteiger charge is -2.20. The van der Waals surface area contributed by atoms with Gasteiger partial charge in [-0.25, -0.2) is 4.39 Å². The number of nitrogens with one attached hydrogen (secondary N) is 1. The van der Waals surface area contributed by atoms with Gasteiger partial charge in [-0.3, -0.25) is 9.59 Å². The normalized spacial score (nSPS) is 21.4. The maximum absolute atomic E-state index is 13.2. The number of para-hydroxylation sites is 1. The smallest absolute Gasteiger partial charge is 0.253 e. The van der Waals surface area contributed by atoms with Crippen molar-refractivity contribution in [3.8, 4) is 5.75 Å². The Morgan fingerprint density at radius 2 is 1.79 bits per heavy atom. The molecule has 2 aromatic rings. The van der Waals surface area contributed by atoms with Crippen molar-refractivity contribution in [3.63, 3.8) is 0 Å². The molecule has 2 aromatic carbocycles. The van der Waals surface area contributed by atoms with Crippen molar-refractivity contribution >= 4 is 11.8 Å². The van der Waals surface area contributed by atoms with Gasteiger partial charge >= 0.3 is 0 Å². The predicted molar refractivity (Wildman–Crippen MR) is 103 cm³/mol. The first kappa shape index (κ1) is 18.5. The first-order valence-electron chi connectivity index (χ1n) is 9.55. The van der Waals surface area contributed by atoms with Gasteiger partial charge in [0.15, 0.2) is 0 Å². The number of rotatable bonds is 5. The van der Waals surface area contributed by atoms with Gasteiger partial charge in [-0.05, 0) is 48.7 Å². The molecule has 0 aromatic heterocycles. The Hall–Kier alpha value is -2.89. The van der Waals surface area contributed by atoms with Gasteiger partial charge in [0.25, 0.3) is 5.91 Å². The van der Waals surface area contributed by atoms with E-state index in [9.17, 15) is 14.0 Å². The van der Waals surface area contributed by atoms with E-state index >= 15 is 0 Å². The van der Waals surface area contributed by atoms with Crippen molar-refractivity contribution in [3.05, 3.63) is 65.5 Å². The highest BCUT2D eigenvalue weighted by atomic mass is 19.1. The van der Waals surface area contributed by atoms with Gasteiger partial charge in [-0.1, -0.05) is 18.2 Å². The Labute approximate surface area is 163 Å². The fraction of sp³-hybridized carbons (Fsp3) is 0.364. The van der Waals surface area contributed by atoms with Gasteiger partial charge in [0.1, 0.15) is 11.6 Å². The van der Waals surface area contributed by atoms with E-state index in [1.54, 1.807) is 12.0 Å². The first-order chi connectivity index (χ1) is 13.6. The maximum atomic E-state index is 13.2. The molecule has 0 bridgehead atoms. The van der Waals surface area contributed by atoms with E-state index in [-0.39, 0.29) is 35.5 Å². The number of ether oxygens (including phenoxy) is 1. The lowest BCUT2D eigenvalue weighted by Crippen LogP contribution is -2.36. The average Bonchev–Trinajstić information content (AvgIpc) is 3.41. The van der Waals surface area contributed by atoms with E-state index in [1.807, 2.05) is 24.3 Å². The second-order valence-corrected chi connectivity index (χ2v) is 7.45. The second-order valence-electron chi connectivity index (χ2n) is 7.45. The molecule has 2 atom stereocenters. The molecule has 1 N–H and O–H groups in total. The number of methoxy groups -OCH3 is 1. The van der Waals surface area contributed by atoms with Crippen LogP contribution in [-0.2, 0) is 4.79 Å². The van der Waals surface area contributed by atoms with Crippen LogP contribution in [0.1, 0.15) is 34.7 Å². The Morgan fingerprint density at radius 1 is 1.07 bits per heavy atom. The molecule has 2 amide bonds. The second kappa shape index (κ2) is 7.62. The summed E-state index contributed by atoms with van der Waals surface area (Å²) in [6, 6.07) is 13.4. The fourth-order valence-corrected chi connectivity index (χ4v) is 3.83. The SMILES string of the molecule is COc1ccccc1[C@H]1CN(C(=O)c2ccc(F)cc2)C[C@@H]1C(=O)NC1CC1. The Morgan fingerprint density at radius 3 is 2.46 bits per heavy atom. The van der Waals surface area contributed by atoms with Crippen LogP contribution in [0.3, 0.4) is 0 Å². The molecule has 5 nitrogen and oxygen atoms in total. The average molecular weight is 382 g/mol. The molecule has 4 rings (SSSR count). The largest absolute Gasteiger partial charge is 0.496 e. The number of hydrogen-bond donors (Lipinski definition) is 1. The summed E-state index contributed by atoms with van der Waals surface area (Å²) in [5.41, 5.74) is 1.35. The zero-order valence-corrected chi connectivity index (χ0v) is 15.7. The van der Waals surface area contributed by atoms with Gasteiger partial charge in [0, 0.05) is 30.6 Å². The molecule has 146 valence electrons. The molecule has 2 fully saturated rings. The molecule has 1 heterocycles. The van der Waals surface area contributed by atoms with Gasteiger partial charge in [0.2, 0.25) is 5.91 Å². The number of benzene rings is 2. The molecule has 0 radical (unpaired) electrons. The van der Waals surface area contributed by atoms with Crippen molar-refractivity contribution < 1.29 is 18.7 Å². The third kappa shape index (κ3) is 3.72. The fourth-order valence-electron chi connectivity index (χ4n) is 3.83. The summed E-state index contributed by atoms with van der Waals surface area (Å²) in [6.45, 7) is 0.747. The zero-order chi connectivity index (χ0) is 19.7. The summed E-state index contributed by atoms with van der Waals surface area (Å²) in [6.07, 6.45) is 2.02. The van der Waals surface area contributed by atoms with E-state index in [0.717, 1.165) is 18.4 Å². The van der Waals surface area contributed by atoms with Crippen molar-refractivity contribution in [1.82, 2.24) is 10.2 Å². The van der Waals surface area contributed by atoms with Crippen LogP contribution >= 0.6 is 0 Å². The molecule has 1 aliphatic carbocycles. The standard InChI is InChI=1S/C22H23FN2O3/c1-28-20-5-3-2-4-17(20)18-12-25(13-19(18)21(26)24-16-10-11-16)22(27)14-6-8-15(23)9-7-14/h2-9,16,18-19H,10-13H2,1H3,(H,24,26)/t18-,19+/m1/s1. The van der Waals surface area contributed by atoms with Gasteiger partial charge in [-0.15, -0.1) is 0 Å². The molecule has 1 saturated heterocycles. The number of carbonyl (C=O) groups is 2. The van der Waals surface area contributed by atoms with Crippen molar-refractivity contribution in [2.45, 2.75) is 24.8 Å². The van der Waals surface area contributed by atoms with Crippen LogP contribution in [0.25, 0.3) is 0 Å². The van der Waals surface area contributed by atoms with Crippen LogP contribution < -0.4 is 10.1 Å². The molecule has 2 aliphatic rings. The summed E-state index contributed by atoms with van der Waals surface area (Å²) in [5, 5.41) is 3.07. The minimum absolute atomic E-state index is 0.0205. The number of hydrogen-bond acceptors (Lipinski definition) is 3. The quantitative estimate of drug-likeness (QED) is 0.865. The number of carbonyl (C=O) groups excluding carboxylic acids is 2. The molecule has 1 aliphatic heterocycles. The van der Waals surface area contributed by atoms with Crippen LogP contribution in [0.4, 0.5) is 4.39 Å². The Balaban J connectivity index is 1.61. The summed E-state index contributed by atoms with van der Waals surface area (Å²) >= 11 is 0. The highest BCUT2D eigenvalue weighted by Crippen LogP contribution is 2.38. The molecule has 6 heteroatoms. The van der Waals surface area contributed by atoms with Gasteiger partial charge < -0.3 is 15.0 Å². The van der Waals surface area contributed by atoms with E-state index in [4.69, 9.17) is 4.74 Å².